The minimum Gasteiger partial charge on any atom is -0.497 e. The molecule has 1 aromatic rings. The van der Waals surface area contributed by atoms with Gasteiger partial charge in [-0.3, -0.25) is 4.79 Å². The van der Waals surface area contributed by atoms with Gasteiger partial charge in [0, 0.05) is 5.71 Å². The van der Waals surface area contributed by atoms with Crippen molar-refractivity contribution in [2.75, 3.05) is 7.11 Å². The lowest BCUT2D eigenvalue weighted by Crippen LogP contribution is -2.36. The number of benzene rings is 1. The summed E-state index contributed by atoms with van der Waals surface area (Å²) < 4.78 is 10.8. The molecule has 0 fully saturated rings. The first-order valence-corrected chi connectivity index (χ1v) is 6.68. The molecule has 1 amide bonds. The van der Waals surface area contributed by atoms with Gasteiger partial charge < -0.3 is 9.47 Å². The van der Waals surface area contributed by atoms with Crippen molar-refractivity contribution in [2.45, 2.75) is 39.7 Å². The van der Waals surface area contributed by atoms with Gasteiger partial charge in [0.1, 0.15) is 11.5 Å². The Morgan fingerprint density at radius 3 is 2.35 bits per heavy atom. The molecule has 20 heavy (non-hydrogen) atoms. The molecule has 110 valence electrons. The summed E-state index contributed by atoms with van der Waals surface area (Å²) in [5.41, 5.74) is 3.30. The molecule has 0 bridgehead atoms. The van der Waals surface area contributed by atoms with Crippen LogP contribution in [0.1, 0.15) is 33.6 Å². The molecule has 1 unspecified atom stereocenters. The molecule has 0 heterocycles. The third kappa shape index (κ3) is 5.30. The number of hydrazone groups is 1. The molecule has 5 heteroatoms. The van der Waals surface area contributed by atoms with Crippen molar-refractivity contribution < 1.29 is 14.3 Å². The molecule has 1 atom stereocenters. The molecular weight excluding hydrogens is 256 g/mol. The second-order valence-corrected chi connectivity index (χ2v) is 4.61. The largest absolute Gasteiger partial charge is 0.497 e. The number of hydrogen-bond donors (Lipinski definition) is 1. The van der Waals surface area contributed by atoms with E-state index in [2.05, 4.69) is 10.5 Å². The maximum absolute atomic E-state index is 12.0. The molecular formula is C15H22N2O3. The van der Waals surface area contributed by atoms with Gasteiger partial charge in [0.15, 0.2) is 6.10 Å². The van der Waals surface area contributed by atoms with Gasteiger partial charge in [-0.1, -0.05) is 13.3 Å². The highest BCUT2D eigenvalue weighted by atomic mass is 16.5. The molecule has 0 radical (unpaired) electrons. The fraction of sp³-hybridized carbons (Fsp3) is 0.467. The van der Waals surface area contributed by atoms with E-state index in [0.717, 1.165) is 17.9 Å². The van der Waals surface area contributed by atoms with E-state index in [9.17, 15) is 4.79 Å². The Kier molecular flexibility index (Phi) is 6.56. The molecule has 0 aromatic heterocycles. The van der Waals surface area contributed by atoms with Crippen LogP contribution in [0.25, 0.3) is 0 Å². The van der Waals surface area contributed by atoms with Crippen LogP contribution in [-0.2, 0) is 4.79 Å². The topological polar surface area (TPSA) is 59.9 Å². The number of carbonyl (C=O) groups excluding carboxylic acids is 1. The zero-order valence-electron chi connectivity index (χ0n) is 12.5. The Hall–Kier alpha value is -2.04. The van der Waals surface area contributed by atoms with E-state index in [1.54, 1.807) is 31.4 Å². The fourth-order valence-corrected chi connectivity index (χ4v) is 1.56. The van der Waals surface area contributed by atoms with E-state index in [-0.39, 0.29) is 5.91 Å². The summed E-state index contributed by atoms with van der Waals surface area (Å²) in [4.78, 5) is 12.0. The predicted molar refractivity (Wildman–Crippen MR) is 79.2 cm³/mol. The summed E-state index contributed by atoms with van der Waals surface area (Å²) in [5.74, 6) is 1.15. The highest BCUT2D eigenvalue weighted by Crippen LogP contribution is 2.19. The minimum atomic E-state index is -0.545. The maximum atomic E-state index is 12.0. The van der Waals surface area contributed by atoms with Crippen LogP contribution in [0, 0.1) is 0 Å². The average Bonchev–Trinajstić information content (AvgIpc) is 2.45. The van der Waals surface area contributed by atoms with Crippen molar-refractivity contribution in [1.29, 1.82) is 0 Å². The lowest BCUT2D eigenvalue weighted by Gasteiger charge is -2.17. The summed E-state index contributed by atoms with van der Waals surface area (Å²) in [6.45, 7) is 5.64. The van der Waals surface area contributed by atoms with Crippen LogP contribution in [0.15, 0.2) is 29.4 Å². The third-order valence-corrected chi connectivity index (χ3v) is 2.57. The first-order chi connectivity index (χ1) is 9.56. The summed E-state index contributed by atoms with van der Waals surface area (Å²) in [6, 6.07) is 7.15. The number of carbonyl (C=O) groups is 1. The van der Waals surface area contributed by atoms with E-state index >= 15 is 0 Å². The Bertz CT molecular complexity index is 451. The fourth-order valence-electron chi connectivity index (χ4n) is 1.56. The maximum Gasteiger partial charge on any atom is 0.281 e. The van der Waals surface area contributed by atoms with Crippen LogP contribution in [0.4, 0.5) is 0 Å². The summed E-state index contributed by atoms with van der Waals surface area (Å²) in [7, 11) is 1.61. The first kappa shape index (κ1) is 16.0. The lowest BCUT2D eigenvalue weighted by atomic mass is 10.2. The van der Waals surface area contributed by atoms with E-state index in [4.69, 9.17) is 9.47 Å². The quantitative estimate of drug-likeness (QED) is 0.616. The van der Waals surface area contributed by atoms with Crippen LogP contribution < -0.4 is 14.9 Å². The zero-order valence-corrected chi connectivity index (χ0v) is 12.5. The Labute approximate surface area is 120 Å². The minimum absolute atomic E-state index is 0.233. The second-order valence-electron chi connectivity index (χ2n) is 4.61. The molecule has 0 saturated carbocycles. The summed E-state index contributed by atoms with van der Waals surface area (Å²) >= 11 is 0. The molecule has 0 spiro atoms. The number of amides is 1. The van der Waals surface area contributed by atoms with E-state index in [1.807, 2.05) is 20.8 Å². The number of nitrogens with one attached hydrogen (secondary N) is 1. The van der Waals surface area contributed by atoms with Crippen LogP contribution in [0.5, 0.6) is 11.5 Å². The van der Waals surface area contributed by atoms with Gasteiger partial charge in [-0.25, -0.2) is 5.43 Å². The highest BCUT2D eigenvalue weighted by Gasteiger charge is 2.19. The first-order valence-electron chi connectivity index (χ1n) is 6.68. The molecule has 1 aromatic carbocycles. The van der Waals surface area contributed by atoms with Crippen LogP contribution >= 0.6 is 0 Å². The van der Waals surface area contributed by atoms with Crippen molar-refractivity contribution >= 4 is 11.6 Å². The lowest BCUT2D eigenvalue weighted by molar-refractivity contribution is -0.128. The van der Waals surface area contributed by atoms with Gasteiger partial charge in [-0.05, 0) is 44.5 Å². The second kappa shape index (κ2) is 8.19. The SMILES string of the molecule is CCCC(Oc1ccc(OC)cc1)C(=O)NN=C(C)C. The monoisotopic (exact) mass is 278 g/mol. The molecule has 0 aliphatic carbocycles. The Morgan fingerprint density at radius 2 is 1.85 bits per heavy atom. The Balaban J connectivity index is 2.69. The Morgan fingerprint density at radius 1 is 1.25 bits per heavy atom. The van der Waals surface area contributed by atoms with Gasteiger partial charge in [0.05, 0.1) is 7.11 Å². The molecule has 0 aliphatic rings. The number of ether oxygens (including phenoxy) is 2. The number of rotatable bonds is 7. The number of nitrogens with zero attached hydrogens (tertiary/aromatic N) is 1. The molecule has 5 nitrogen and oxygen atoms in total. The van der Waals surface area contributed by atoms with Crippen molar-refractivity contribution in [1.82, 2.24) is 5.43 Å². The van der Waals surface area contributed by atoms with Crippen molar-refractivity contribution in [3.8, 4) is 11.5 Å². The molecule has 1 rings (SSSR count). The van der Waals surface area contributed by atoms with Gasteiger partial charge in [-0.2, -0.15) is 5.10 Å². The molecule has 1 N–H and O–H groups in total. The van der Waals surface area contributed by atoms with Gasteiger partial charge in [0.25, 0.3) is 5.91 Å². The average molecular weight is 278 g/mol. The number of hydrogen-bond acceptors (Lipinski definition) is 4. The summed E-state index contributed by atoms with van der Waals surface area (Å²) in [5, 5.41) is 3.91. The van der Waals surface area contributed by atoms with Gasteiger partial charge >= 0.3 is 0 Å². The normalized spacial score (nSPS) is 11.4. The van der Waals surface area contributed by atoms with E-state index < -0.39 is 6.10 Å². The summed E-state index contributed by atoms with van der Waals surface area (Å²) in [6.07, 6.45) is 0.940. The van der Waals surface area contributed by atoms with Crippen LogP contribution in [0.2, 0.25) is 0 Å². The van der Waals surface area contributed by atoms with Gasteiger partial charge in [-0.15, -0.1) is 0 Å². The van der Waals surface area contributed by atoms with E-state index in [1.165, 1.54) is 0 Å². The van der Waals surface area contributed by atoms with Crippen LogP contribution in [-0.4, -0.2) is 24.8 Å². The van der Waals surface area contributed by atoms with Crippen molar-refractivity contribution in [3.63, 3.8) is 0 Å². The molecule has 0 saturated heterocycles. The predicted octanol–water partition coefficient (Wildman–Crippen LogP) is 2.75. The molecule has 0 aliphatic heterocycles. The van der Waals surface area contributed by atoms with Crippen molar-refractivity contribution in [2.24, 2.45) is 5.10 Å². The number of methoxy groups -OCH3 is 1. The van der Waals surface area contributed by atoms with Gasteiger partial charge in [0.2, 0.25) is 0 Å². The standard InChI is InChI=1S/C15H22N2O3/c1-5-6-14(15(18)17-16-11(2)3)20-13-9-7-12(19-4)8-10-13/h7-10,14H,5-6H2,1-4H3,(H,17,18). The zero-order chi connectivity index (χ0) is 15.0. The van der Waals surface area contributed by atoms with Crippen molar-refractivity contribution in [3.05, 3.63) is 24.3 Å². The third-order valence-electron chi connectivity index (χ3n) is 2.57. The highest BCUT2D eigenvalue weighted by molar-refractivity contribution is 5.84. The van der Waals surface area contributed by atoms with Crippen LogP contribution in [0.3, 0.4) is 0 Å². The smallest absolute Gasteiger partial charge is 0.281 e. The van der Waals surface area contributed by atoms with E-state index in [0.29, 0.717) is 12.2 Å².